The van der Waals surface area contributed by atoms with Crippen molar-refractivity contribution in [1.29, 1.82) is 0 Å². The zero-order chi connectivity index (χ0) is 22.5. The number of esters is 1. The van der Waals surface area contributed by atoms with Crippen molar-refractivity contribution in [3.05, 3.63) is 65.0 Å². The zero-order valence-electron chi connectivity index (χ0n) is 15.4. The molecule has 0 spiro atoms. The Kier molecular flexibility index (Phi) is 7.43. The molecule has 0 radical (unpaired) electrons. The Morgan fingerprint density at radius 3 is 2.23 bits per heavy atom. The van der Waals surface area contributed by atoms with Crippen LogP contribution in [0, 0.1) is 17.5 Å². The number of halogens is 6. The Balaban J connectivity index is 1.92. The summed E-state index contributed by atoms with van der Waals surface area (Å²) >= 11 is 0. The second-order valence-electron chi connectivity index (χ2n) is 6.06. The van der Waals surface area contributed by atoms with Crippen LogP contribution in [0.15, 0.2) is 36.4 Å². The van der Waals surface area contributed by atoms with Crippen LogP contribution in [0.5, 0.6) is 0 Å². The van der Waals surface area contributed by atoms with Crippen LogP contribution in [-0.2, 0) is 20.9 Å². The molecule has 11 heteroatoms. The molecular formula is C19H15F6NO4. The summed E-state index contributed by atoms with van der Waals surface area (Å²) in [6, 6.07) is 6.62. The lowest BCUT2D eigenvalue weighted by Gasteiger charge is -2.14. The molecule has 0 aliphatic rings. The molecule has 0 saturated heterocycles. The molecule has 0 heterocycles. The van der Waals surface area contributed by atoms with Crippen molar-refractivity contribution in [2.75, 3.05) is 11.9 Å². The summed E-state index contributed by atoms with van der Waals surface area (Å²) in [5.41, 5.74) is -0.270. The summed E-state index contributed by atoms with van der Waals surface area (Å²) in [4.78, 5) is 24.1. The van der Waals surface area contributed by atoms with E-state index in [1.54, 1.807) is 0 Å². The molecule has 2 rings (SSSR count). The molecular weight excluding hydrogens is 420 g/mol. The highest BCUT2D eigenvalue weighted by molar-refractivity contribution is 5.97. The molecule has 0 aliphatic carbocycles. The van der Waals surface area contributed by atoms with Gasteiger partial charge in [-0.15, -0.1) is 0 Å². The van der Waals surface area contributed by atoms with Crippen LogP contribution in [0.2, 0.25) is 0 Å². The quantitative estimate of drug-likeness (QED) is 0.399. The third-order valence-corrected chi connectivity index (χ3v) is 3.67. The lowest BCUT2D eigenvalue weighted by Crippen LogP contribution is -2.30. The smallest absolute Gasteiger partial charge is 0.411 e. The number of ether oxygens (including phenoxy) is 2. The molecule has 2 aromatic carbocycles. The average molecular weight is 435 g/mol. The van der Waals surface area contributed by atoms with Gasteiger partial charge in [-0.05, 0) is 36.8 Å². The summed E-state index contributed by atoms with van der Waals surface area (Å²) in [5.74, 6) is -6.74. The first kappa shape index (κ1) is 23.2. The SMILES string of the molecule is CC(OC(=O)c1ccc(COCC(F)(F)F)cc1)C(=O)Nc1ccc(F)c(F)c1F. The molecule has 1 amide bonds. The largest absolute Gasteiger partial charge is 0.449 e. The number of nitrogens with one attached hydrogen (secondary N) is 1. The molecule has 1 N–H and O–H groups in total. The minimum atomic E-state index is -4.46. The molecule has 1 atom stereocenters. The average Bonchev–Trinajstić information content (AvgIpc) is 2.67. The van der Waals surface area contributed by atoms with E-state index < -0.39 is 53.9 Å². The first-order valence-electron chi connectivity index (χ1n) is 8.36. The number of amides is 1. The van der Waals surface area contributed by atoms with Gasteiger partial charge in [0.05, 0.1) is 17.9 Å². The standard InChI is InChI=1S/C19H15F6NO4/c1-10(17(27)26-14-7-6-13(20)15(21)16(14)22)30-18(28)12-4-2-11(3-5-12)8-29-9-19(23,24)25/h2-7,10H,8-9H2,1H3,(H,26,27). The molecule has 1 unspecified atom stereocenters. The van der Waals surface area contributed by atoms with Crippen molar-refractivity contribution in [3.8, 4) is 0 Å². The Labute approximate surface area is 166 Å². The number of carbonyl (C=O) groups is 2. The van der Waals surface area contributed by atoms with E-state index >= 15 is 0 Å². The van der Waals surface area contributed by atoms with Crippen LogP contribution in [0.1, 0.15) is 22.8 Å². The number of hydrogen-bond acceptors (Lipinski definition) is 4. The third kappa shape index (κ3) is 6.48. The minimum absolute atomic E-state index is 0.00627. The van der Waals surface area contributed by atoms with E-state index in [1.807, 2.05) is 5.32 Å². The van der Waals surface area contributed by atoms with Gasteiger partial charge in [0, 0.05) is 0 Å². The van der Waals surface area contributed by atoms with Gasteiger partial charge < -0.3 is 14.8 Å². The maximum absolute atomic E-state index is 13.6. The molecule has 30 heavy (non-hydrogen) atoms. The number of hydrogen-bond donors (Lipinski definition) is 1. The van der Waals surface area contributed by atoms with Gasteiger partial charge in [-0.1, -0.05) is 12.1 Å². The second-order valence-corrected chi connectivity index (χ2v) is 6.06. The highest BCUT2D eigenvalue weighted by Gasteiger charge is 2.27. The van der Waals surface area contributed by atoms with Crippen molar-refractivity contribution >= 4 is 17.6 Å². The van der Waals surface area contributed by atoms with Gasteiger partial charge in [-0.25, -0.2) is 18.0 Å². The zero-order valence-corrected chi connectivity index (χ0v) is 15.4. The molecule has 162 valence electrons. The Morgan fingerprint density at radius 2 is 1.63 bits per heavy atom. The molecule has 0 saturated carbocycles. The predicted molar refractivity (Wildman–Crippen MR) is 92.0 cm³/mol. The fourth-order valence-corrected chi connectivity index (χ4v) is 2.16. The van der Waals surface area contributed by atoms with E-state index in [1.165, 1.54) is 31.2 Å². The highest BCUT2D eigenvalue weighted by atomic mass is 19.4. The summed E-state index contributed by atoms with van der Waals surface area (Å²) in [5, 5.41) is 1.97. The van der Waals surface area contributed by atoms with Gasteiger partial charge in [0.15, 0.2) is 23.6 Å². The van der Waals surface area contributed by atoms with Crippen LogP contribution < -0.4 is 5.32 Å². The molecule has 0 aliphatic heterocycles. The van der Waals surface area contributed by atoms with Gasteiger partial charge in [0.1, 0.15) is 6.61 Å². The van der Waals surface area contributed by atoms with E-state index in [-0.39, 0.29) is 12.2 Å². The van der Waals surface area contributed by atoms with Crippen LogP contribution in [0.4, 0.5) is 32.0 Å². The Hall–Kier alpha value is -3.08. The van der Waals surface area contributed by atoms with E-state index in [0.717, 1.165) is 6.07 Å². The summed E-state index contributed by atoms with van der Waals surface area (Å²) < 4.78 is 85.2. The molecule has 0 bridgehead atoms. The van der Waals surface area contributed by atoms with E-state index in [4.69, 9.17) is 4.74 Å². The van der Waals surface area contributed by atoms with Crippen molar-refractivity contribution in [2.24, 2.45) is 0 Å². The number of anilines is 1. The summed E-state index contributed by atoms with van der Waals surface area (Å²) in [7, 11) is 0. The molecule has 2 aromatic rings. The Bertz CT molecular complexity index is 914. The number of benzene rings is 2. The normalized spacial score (nSPS) is 12.4. The van der Waals surface area contributed by atoms with Crippen molar-refractivity contribution < 1.29 is 45.4 Å². The van der Waals surface area contributed by atoms with Gasteiger partial charge >= 0.3 is 12.1 Å². The van der Waals surface area contributed by atoms with Crippen molar-refractivity contribution in [2.45, 2.75) is 25.8 Å². The number of alkyl halides is 3. The minimum Gasteiger partial charge on any atom is -0.449 e. The number of rotatable bonds is 7. The van der Waals surface area contributed by atoms with Crippen molar-refractivity contribution in [3.63, 3.8) is 0 Å². The second kappa shape index (κ2) is 9.61. The van der Waals surface area contributed by atoms with E-state index in [0.29, 0.717) is 11.6 Å². The van der Waals surface area contributed by atoms with Crippen LogP contribution in [0.25, 0.3) is 0 Å². The lowest BCUT2D eigenvalue weighted by molar-refractivity contribution is -0.176. The van der Waals surface area contributed by atoms with Gasteiger partial charge in [0.25, 0.3) is 5.91 Å². The number of carbonyl (C=O) groups excluding carboxylic acids is 2. The molecule has 5 nitrogen and oxygen atoms in total. The van der Waals surface area contributed by atoms with Crippen LogP contribution in [-0.4, -0.2) is 30.8 Å². The van der Waals surface area contributed by atoms with Crippen LogP contribution in [0.3, 0.4) is 0 Å². The van der Waals surface area contributed by atoms with Gasteiger partial charge in [-0.3, -0.25) is 4.79 Å². The molecule has 0 aromatic heterocycles. The summed E-state index contributed by atoms with van der Waals surface area (Å²) in [6.45, 7) is -0.570. The monoisotopic (exact) mass is 435 g/mol. The first-order chi connectivity index (χ1) is 14.0. The first-order valence-corrected chi connectivity index (χ1v) is 8.36. The fourth-order valence-electron chi connectivity index (χ4n) is 2.16. The fraction of sp³-hybridized carbons (Fsp3) is 0.263. The highest BCUT2D eigenvalue weighted by Crippen LogP contribution is 2.20. The van der Waals surface area contributed by atoms with Crippen molar-refractivity contribution in [1.82, 2.24) is 0 Å². The van der Waals surface area contributed by atoms with Gasteiger partial charge in [0.2, 0.25) is 0 Å². The predicted octanol–water partition coefficient (Wildman–Crippen LogP) is 4.37. The van der Waals surface area contributed by atoms with E-state index in [9.17, 15) is 35.9 Å². The maximum atomic E-state index is 13.6. The third-order valence-electron chi connectivity index (χ3n) is 3.67. The molecule has 0 fully saturated rings. The topological polar surface area (TPSA) is 64.6 Å². The summed E-state index contributed by atoms with van der Waals surface area (Å²) in [6.07, 6.45) is -5.87. The maximum Gasteiger partial charge on any atom is 0.411 e. The van der Waals surface area contributed by atoms with Gasteiger partial charge in [-0.2, -0.15) is 13.2 Å². The van der Waals surface area contributed by atoms with E-state index in [2.05, 4.69) is 4.74 Å². The lowest BCUT2D eigenvalue weighted by atomic mass is 10.1. The Morgan fingerprint density at radius 1 is 1.00 bits per heavy atom. The van der Waals surface area contributed by atoms with Crippen LogP contribution >= 0.6 is 0 Å².